The van der Waals surface area contributed by atoms with Gasteiger partial charge in [0.05, 0.1) is 0 Å². The van der Waals surface area contributed by atoms with E-state index in [1.807, 2.05) is 0 Å². The van der Waals surface area contributed by atoms with Gasteiger partial charge in [-0.05, 0) is 6.07 Å². The van der Waals surface area contributed by atoms with Gasteiger partial charge in [0.15, 0.2) is 0 Å². The van der Waals surface area contributed by atoms with Crippen LogP contribution >= 0.6 is 0 Å². The maximum absolute atomic E-state index is 12.1. The molecule has 0 unspecified atom stereocenters. The summed E-state index contributed by atoms with van der Waals surface area (Å²) in [6.07, 6.45) is 0. The number of rotatable bonds is 1. The maximum Gasteiger partial charge on any atom is 0.332 e. The fraction of sp³-hybridized carbons (Fsp3) is 0. The predicted molar refractivity (Wildman–Crippen MR) is 33.6 cm³/mol. The smallest absolute Gasteiger partial charge is 0.189 e. The standard InChI is InChI=1S/C6H4FO2S/c7-10(8,9)6-4-2-1-3-5-6/h1-4H. The highest BCUT2D eigenvalue weighted by atomic mass is 32.3. The Bertz CT molecular complexity index is 304. The van der Waals surface area contributed by atoms with Crippen LogP contribution in [0.2, 0.25) is 0 Å². The first-order valence-electron chi connectivity index (χ1n) is 2.52. The molecule has 10 heavy (non-hydrogen) atoms. The van der Waals surface area contributed by atoms with Gasteiger partial charge in [-0.25, -0.2) is 0 Å². The van der Waals surface area contributed by atoms with Gasteiger partial charge in [0.2, 0.25) is 0 Å². The molecule has 0 heterocycles. The molecule has 0 spiro atoms. The lowest BCUT2D eigenvalue weighted by Gasteiger charge is -1.88. The van der Waals surface area contributed by atoms with Crippen LogP contribution in [0, 0.1) is 6.07 Å². The first kappa shape index (κ1) is 7.21. The molecule has 1 aromatic rings. The molecule has 0 saturated carbocycles. The zero-order chi connectivity index (χ0) is 7.61. The Balaban J connectivity index is 3.22. The van der Waals surface area contributed by atoms with Gasteiger partial charge in [0, 0.05) is 6.07 Å². The zero-order valence-electron chi connectivity index (χ0n) is 4.91. The average molecular weight is 159 g/mol. The van der Waals surface area contributed by atoms with Crippen LogP contribution in [-0.2, 0) is 10.2 Å². The van der Waals surface area contributed by atoms with Crippen LogP contribution in [0.4, 0.5) is 3.89 Å². The van der Waals surface area contributed by atoms with E-state index in [1.165, 1.54) is 12.1 Å². The van der Waals surface area contributed by atoms with E-state index < -0.39 is 15.1 Å². The van der Waals surface area contributed by atoms with Gasteiger partial charge < -0.3 is 0 Å². The molecule has 53 valence electrons. The normalized spacial score (nSPS) is 11.3. The van der Waals surface area contributed by atoms with Gasteiger partial charge in [-0.15, -0.1) is 3.89 Å². The van der Waals surface area contributed by atoms with Crippen LogP contribution in [0.3, 0.4) is 0 Å². The molecule has 0 aliphatic heterocycles. The molecule has 2 nitrogen and oxygen atoms in total. The van der Waals surface area contributed by atoms with Gasteiger partial charge >= 0.3 is 10.2 Å². The second kappa shape index (κ2) is 2.38. The molecule has 1 aromatic carbocycles. The molecule has 0 aromatic heterocycles. The molecule has 0 fully saturated rings. The Hall–Kier alpha value is -0.900. The first-order chi connectivity index (χ1) is 4.61. The molecule has 0 N–H and O–H groups in total. The van der Waals surface area contributed by atoms with E-state index >= 15 is 0 Å². The molecular weight excluding hydrogens is 155 g/mol. The van der Waals surface area contributed by atoms with Crippen molar-refractivity contribution in [3.63, 3.8) is 0 Å². The topological polar surface area (TPSA) is 34.1 Å². The lowest BCUT2D eigenvalue weighted by molar-refractivity contribution is 0.552. The van der Waals surface area contributed by atoms with Crippen molar-refractivity contribution in [2.75, 3.05) is 0 Å². The number of hydrogen-bond acceptors (Lipinski definition) is 2. The van der Waals surface area contributed by atoms with E-state index in [9.17, 15) is 12.3 Å². The largest absolute Gasteiger partial charge is 0.332 e. The van der Waals surface area contributed by atoms with E-state index in [0.717, 1.165) is 6.07 Å². The zero-order valence-corrected chi connectivity index (χ0v) is 5.73. The second-order valence-electron chi connectivity index (χ2n) is 1.66. The molecule has 1 rings (SSSR count). The predicted octanol–water partition coefficient (Wildman–Crippen LogP) is 1.14. The van der Waals surface area contributed by atoms with Crippen LogP contribution in [0.25, 0.3) is 0 Å². The Kier molecular flexibility index (Phi) is 1.72. The molecule has 0 aliphatic rings. The van der Waals surface area contributed by atoms with E-state index in [2.05, 4.69) is 6.07 Å². The third-order valence-electron chi connectivity index (χ3n) is 0.943. The summed E-state index contributed by atoms with van der Waals surface area (Å²) in [4.78, 5) is -0.421. The van der Waals surface area contributed by atoms with Gasteiger partial charge in [0.1, 0.15) is 4.90 Å². The van der Waals surface area contributed by atoms with Crippen molar-refractivity contribution < 1.29 is 12.3 Å². The summed E-state index contributed by atoms with van der Waals surface area (Å²) in [7, 11) is -4.56. The van der Waals surface area contributed by atoms with Gasteiger partial charge in [-0.2, -0.15) is 8.42 Å². The maximum atomic E-state index is 12.1. The van der Waals surface area contributed by atoms with E-state index in [1.54, 1.807) is 6.07 Å². The van der Waals surface area contributed by atoms with Crippen LogP contribution in [0.5, 0.6) is 0 Å². The Morgan fingerprint density at radius 3 is 2.40 bits per heavy atom. The molecule has 4 heteroatoms. The summed E-state index contributed by atoms with van der Waals surface area (Å²) < 4.78 is 32.3. The third-order valence-corrected chi connectivity index (χ3v) is 1.72. The minimum atomic E-state index is -4.56. The van der Waals surface area contributed by atoms with E-state index in [4.69, 9.17) is 0 Å². The van der Waals surface area contributed by atoms with Crippen LogP contribution in [0.1, 0.15) is 0 Å². The summed E-state index contributed by atoms with van der Waals surface area (Å²) in [5.74, 6) is 0. The van der Waals surface area contributed by atoms with Crippen molar-refractivity contribution >= 4 is 10.2 Å². The van der Waals surface area contributed by atoms with Crippen LogP contribution in [-0.4, -0.2) is 8.42 Å². The first-order valence-corrected chi connectivity index (χ1v) is 3.90. The molecule has 0 amide bonds. The van der Waals surface area contributed by atoms with Crippen molar-refractivity contribution in [1.82, 2.24) is 0 Å². The van der Waals surface area contributed by atoms with Crippen molar-refractivity contribution in [2.24, 2.45) is 0 Å². The lowest BCUT2D eigenvalue weighted by Crippen LogP contribution is -1.89. The molecule has 0 atom stereocenters. The molecular formula is C6H4FO2S. The second-order valence-corrected chi connectivity index (χ2v) is 2.98. The summed E-state index contributed by atoms with van der Waals surface area (Å²) in [5, 5.41) is 0. The van der Waals surface area contributed by atoms with Crippen LogP contribution in [0.15, 0.2) is 29.2 Å². The van der Waals surface area contributed by atoms with Gasteiger partial charge in [-0.1, -0.05) is 18.2 Å². The lowest BCUT2D eigenvalue weighted by atomic mass is 10.4. The highest BCUT2D eigenvalue weighted by Crippen LogP contribution is 2.08. The van der Waals surface area contributed by atoms with Crippen LogP contribution < -0.4 is 0 Å². The molecule has 0 bridgehead atoms. The van der Waals surface area contributed by atoms with Gasteiger partial charge in [-0.3, -0.25) is 0 Å². The molecule has 0 saturated heterocycles. The average Bonchev–Trinajstić information content (AvgIpc) is 1.88. The monoisotopic (exact) mass is 159 g/mol. The summed E-state index contributed by atoms with van der Waals surface area (Å²) in [5.41, 5.74) is 0. The Morgan fingerprint density at radius 2 is 2.10 bits per heavy atom. The van der Waals surface area contributed by atoms with E-state index in [-0.39, 0.29) is 0 Å². The minimum absolute atomic E-state index is 0.421. The van der Waals surface area contributed by atoms with Crippen molar-refractivity contribution in [2.45, 2.75) is 4.90 Å². The Labute approximate surface area is 58.5 Å². The third kappa shape index (κ3) is 1.54. The van der Waals surface area contributed by atoms with E-state index in [0.29, 0.717) is 0 Å². The van der Waals surface area contributed by atoms with Gasteiger partial charge in [0.25, 0.3) is 0 Å². The fourth-order valence-corrected chi connectivity index (χ4v) is 0.978. The Morgan fingerprint density at radius 1 is 1.40 bits per heavy atom. The quantitative estimate of drug-likeness (QED) is 0.576. The minimum Gasteiger partial charge on any atom is -0.189 e. The number of benzene rings is 1. The highest BCUT2D eigenvalue weighted by Gasteiger charge is 2.09. The van der Waals surface area contributed by atoms with Crippen molar-refractivity contribution in [3.8, 4) is 0 Å². The molecule has 1 radical (unpaired) electrons. The fourth-order valence-electron chi connectivity index (χ4n) is 0.529. The van der Waals surface area contributed by atoms with Crippen molar-refractivity contribution in [3.05, 3.63) is 30.3 Å². The SMILES string of the molecule is O=S(=O)(F)c1[c]cccc1. The molecule has 0 aliphatic carbocycles. The highest BCUT2D eigenvalue weighted by molar-refractivity contribution is 7.86. The number of hydrogen-bond donors (Lipinski definition) is 0. The summed E-state index contributed by atoms with van der Waals surface area (Å²) in [6.45, 7) is 0. The number of halogens is 1. The summed E-state index contributed by atoms with van der Waals surface area (Å²) in [6, 6.07) is 7.73. The summed E-state index contributed by atoms with van der Waals surface area (Å²) >= 11 is 0. The van der Waals surface area contributed by atoms with Crippen molar-refractivity contribution in [1.29, 1.82) is 0 Å².